The van der Waals surface area contributed by atoms with Crippen LogP contribution in [-0.4, -0.2) is 21.6 Å². The van der Waals surface area contributed by atoms with E-state index in [9.17, 15) is 9.59 Å². The van der Waals surface area contributed by atoms with E-state index < -0.39 is 0 Å². The van der Waals surface area contributed by atoms with Crippen LogP contribution < -0.4 is 10.9 Å². The molecule has 158 valence electrons. The summed E-state index contributed by atoms with van der Waals surface area (Å²) in [5.41, 5.74) is 3.60. The van der Waals surface area contributed by atoms with Gasteiger partial charge in [0.1, 0.15) is 10.7 Å². The summed E-state index contributed by atoms with van der Waals surface area (Å²) in [6, 6.07) is 8.38. The lowest BCUT2D eigenvalue weighted by Gasteiger charge is -2.14. The van der Waals surface area contributed by atoms with E-state index in [4.69, 9.17) is 0 Å². The highest BCUT2D eigenvalue weighted by molar-refractivity contribution is 7.98. The lowest BCUT2D eigenvalue weighted by molar-refractivity contribution is -0.121. The number of aromatic nitrogens is 2. The normalized spacial score (nSPS) is 14.1. The zero-order valence-corrected chi connectivity index (χ0v) is 19.0. The van der Waals surface area contributed by atoms with E-state index in [0.717, 1.165) is 41.5 Å². The summed E-state index contributed by atoms with van der Waals surface area (Å²) >= 11 is 3.28. The maximum atomic E-state index is 12.5. The molecule has 7 heteroatoms. The fourth-order valence-corrected chi connectivity index (χ4v) is 5.97. The third-order valence-corrected chi connectivity index (χ3v) is 7.76. The molecule has 5 nitrogen and oxygen atoms in total. The lowest BCUT2D eigenvalue weighted by atomic mass is 10.0. The Kier molecular flexibility index (Phi) is 6.58. The highest BCUT2D eigenvalue weighted by atomic mass is 32.2. The largest absolute Gasteiger partial charge is 0.350 e. The molecule has 4 rings (SSSR count). The van der Waals surface area contributed by atoms with Gasteiger partial charge in [-0.15, -0.1) is 11.3 Å². The number of nitrogens with zero attached hydrogens (tertiary/aromatic N) is 1. The molecule has 0 fully saturated rings. The van der Waals surface area contributed by atoms with Gasteiger partial charge >= 0.3 is 0 Å². The van der Waals surface area contributed by atoms with Crippen molar-refractivity contribution in [3.05, 3.63) is 62.0 Å². The molecule has 1 atom stereocenters. The average Bonchev–Trinajstić information content (AvgIpc) is 3.32. The Bertz CT molecular complexity index is 1100. The van der Waals surface area contributed by atoms with Gasteiger partial charge in [-0.2, -0.15) is 11.8 Å². The van der Waals surface area contributed by atoms with Gasteiger partial charge in [0.15, 0.2) is 0 Å². The van der Waals surface area contributed by atoms with Gasteiger partial charge in [0.05, 0.1) is 17.2 Å². The van der Waals surface area contributed by atoms with Crippen molar-refractivity contribution >= 4 is 39.2 Å². The Morgan fingerprint density at radius 2 is 2.10 bits per heavy atom. The lowest BCUT2D eigenvalue weighted by Crippen LogP contribution is -2.26. The van der Waals surface area contributed by atoms with E-state index in [1.807, 2.05) is 6.92 Å². The summed E-state index contributed by atoms with van der Waals surface area (Å²) in [6.07, 6.45) is 4.65. The van der Waals surface area contributed by atoms with E-state index in [-0.39, 0.29) is 17.5 Å². The number of H-pyrrole nitrogens is 1. The first-order chi connectivity index (χ1) is 14.5. The highest BCUT2D eigenvalue weighted by Crippen LogP contribution is 2.34. The van der Waals surface area contributed by atoms with Crippen molar-refractivity contribution in [2.24, 2.45) is 0 Å². The Morgan fingerprint density at radius 1 is 1.30 bits per heavy atom. The van der Waals surface area contributed by atoms with Gasteiger partial charge in [0.2, 0.25) is 5.91 Å². The van der Waals surface area contributed by atoms with Crippen molar-refractivity contribution < 1.29 is 4.79 Å². The molecule has 0 saturated heterocycles. The molecule has 1 unspecified atom stereocenters. The third-order valence-electron chi connectivity index (χ3n) is 5.60. The number of hydrogen-bond acceptors (Lipinski definition) is 5. The number of rotatable bonds is 8. The van der Waals surface area contributed by atoms with Crippen molar-refractivity contribution in [1.82, 2.24) is 15.3 Å². The van der Waals surface area contributed by atoms with E-state index in [1.165, 1.54) is 16.0 Å². The topological polar surface area (TPSA) is 74.8 Å². The molecule has 30 heavy (non-hydrogen) atoms. The van der Waals surface area contributed by atoms with Crippen LogP contribution >= 0.6 is 23.1 Å². The summed E-state index contributed by atoms with van der Waals surface area (Å²) in [4.78, 5) is 34.5. The Labute approximate surface area is 184 Å². The predicted octanol–water partition coefficient (Wildman–Crippen LogP) is 4.54. The summed E-state index contributed by atoms with van der Waals surface area (Å²) in [5, 5.41) is 3.86. The number of thioether (sulfide) groups is 1. The molecule has 0 saturated carbocycles. The number of hydrogen-bond donors (Lipinski definition) is 2. The number of aromatic amines is 1. The maximum Gasteiger partial charge on any atom is 0.259 e. The molecule has 0 bridgehead atoms. The number of benzene rings is 1. The number of thiophene rings is 1. The Balaban J connectivity index is 1.26. The summed E-state index contributed by atoms with van der Waals surface area (Å²) < 4.78 is 0. The zero-order valence-electron chi connectivity index (χ0n) is 17.4. The Hall–Kier alpha value is -2.12. The second kappa shape index (κ2) is 9.35. The van der Waals surface area contributed by atoms with E-state index in [0.29, 0.717) is 23.8 Å². The van der Waals surface area contributed by atoms with Crippen LogP contribution in [0, 0.1) is 0 Å². The number of nitrogens with one attached hydrogen (secondary N) is 2. The summed E-state index contributed by atoms with van der Waals surface area (Å²) in [5.74, 6) is 2.04. The van der Waals surface area contributed by atoms with Crippen LogP contribution in [0.3, 0.4) is 0 Å². The van der Waals surface area contributed by atoms with Gasteiger partial charge in [-0.3, -0.25) is 9.59 Å². The van der Waals surface area contributed by atoms with Gasteiger partial charge in [-0.05, 0) is 49.3 Å². The van der Waals surface area contributed by atoms with E-state index in [2.05, 4.69) is 46.5 Å². The number of carbonyl (C=O) groups excluding carboxylic acids is 1. The van der Waals surface area contributed by atoms with Crippen LogP contribution in [0.25, 0.3) is 10.2 Å². The SMILES string of the molecule is CCc1ccc(C(C)NC(=O)CCSCc2nc3sc4c(c3c(=O)[nH]2)CCC4)cc1. The third kappa shape index (κ3) is 4.62. The molecule has 0 aliphatic heterocycles. The minimum atomic E-state index is -0.0179. The van der Waals surface area contributed by atoms with Crippen molar-refractivity contribution in [1.29, 1.82) is 0 Å². The van der Waals surface area contributed by atoms with Crippen LogP contribution in [0.2, 0.25) is 0 Å². The fourth-order valence-electron chi connectivity index (χ4n) is 3.89. The first kappa shape index (κ1) is 21.1. The molecule has 0 spiro atoms. The van der Waals surface area contributed by atoms with Gasteiger partial charge in [-0.1, -0.05) is 31.2 Å². The van der Waals surface area contributed by atoms with Gasteiger partial charge in [-0.25, -0.2) is 4.98 Å². The van der Waals surface area contributed by atoms with Gasteiger partial charge in [0, 0.05) is 17.1 Å². The van der Waals surface area contributed by atoms with Crippen LogP contribution in [0.1, 0.15) is 60.1 Å². The minimum Gasteiger partial charge on any atom is -0.350 e. The Morgan fingerprint density at radius 3 is 2.87 bits per heavy atom. The molecule has 1 aliphatic carbocycles. The fraction of sp³-hybridized carbons (Fsp3) is 0.435. The number of aryl methyl sites for hydroxylation is 3. The van der Waals surface area contributed by atoms with Crippen molar-refractivity contribution in [2.75, 3.05) is 5.75 Å². The number of carbonyl (C=O) groups is 1. The van der Waals surface area contributed by atoms with Crippen molar-refractivity contribution in [2.45, 2.75) is 57.7 Å². The molecule has 1 aliphatic rings. The van der Waals surface area contributed by atoms with E-state index in [1.54, 1.807) is 23.1 Å². The zero-order chi connectivity index (χ0) is 21.1. The predicted molar refractivity (Wildman–Crippen MR) is 125 cm³/mol. The molecule has 2 aromatic heterocycles. The van der Waals surface area contributed by atoms with Crippen LogP contribution in [0.4, 0.5) is 0 Å². The van der Waals surface area contributed by atoms with Gasteiger partial charge in [0.25, 0.3) is 5.56 Å². The smallest absolute Gasteiger partial charge is 0.259 e. The van der Waals surface area contributed by atoms with Crippen molar-refractivity contribution in [3.63, 3.8) is 0 Å². The van der Waals surface area contributed by atoms with Crippen LogP contribution in [-0.2, 0) is 29.8 Å². The minimum absolute atomic E-state index is 0.00499. The average molecular weight is 442 g/mol. The first-order valence-corrected chi connectivity index (χ1v) is 12.5. The number of amides is 1. The molecule has 1 amide bonds. The molecular weight excluding hydrogens is 414 g/mol. The highest BCUT2D eigenvalue weighted by Gasteiger charge is 2.21. The quantitative estimate of drug-likeness (QED) is 0.504. The van der Waals surface area contributed by atoms with Crippen LogP contribution in [0.15, 0.2) is 29.1 Å². The van der Waals surface area contributed by atoms with E-state index >= 15 is 0 Å². The molecule has 2 N–H and O–H groups in total. The standard InChI is InChI=1S/C23H27N3O2S2/c1-3-15-7-9-16(10-8-15)14(2)24-20(27)11-12-29-13-19-25-22(28)21-17-5-4-6-18(17)30-23(21)26-19/h7-10,14H,3-6,11-13H2,1-2H3,(H,24,27)(H,25,26,28). The summed E-state index contributed by atoms with van der Waals surface area (Å²) in [7, 11) is 0. The van der Waals surface area contributed by atoms with Crippen molar-refractivity contribution in [3.8, 4) is 0 Å². The molecule has 1 aromatic carbocycles. The first-order valence-electron chi connectivity index (χ1n) is 10.5. The second-order valence-electron chi connectivity index (χ2n) is 7.74. The monoisotopic (exact) mass is 441 g/mol. The maximum absolute atomic E-state index is 12.5. The molecular formula is C23H27N3O2S2. The van der Waals surface area contributed by atoms with Gasteiger partial charge < -0.3 is 10.3 Å². The molecule has 0 radical (unpaired) electrons. The summed E-state index contributed by atoms with van der Waals surface area (Å²) in [6.45, 7) is 4.14. The second-order valence-corrected chi connectivity index (χ2v) is 9.93. The van der Waals surface area contributed by atoms with Crippen LogP contribution in [0.5, 0.6) is 0 Å². The molecule has 3 aromatic rings. The molecule has 2 heterocycles. The number of fused-ring (bicyclic) bond motifs is 3.